The van der Waals surface area contributed by atoms with E-state index in [1.165, 1.54) is 23.1 Å². The van der Waals surface area contributed by atoms with E-state index in [2.05, 4.69) is 58.9 Å². The molecule has 0 saturated heterocycles. The van der Waals surface area contributed by atoms with E-state index in [-0.39, 0.29) is 0 Å². The highest BCUT2D eigenvalue weighted by Crippen LogP contribution is 2.29. The lowest BCUT2D eigenvalue weighted by atomic mass is 9.89. The average Bonchev–Trinajstić information content (AvgIpc) is 2.26. The minimum atomic E-state index is 0.719. The Kier molecular flexibility index (Phi) is 4.79. The van der Waals surface area contributed by atoms with Crippen LogP contribution in [0.25, 0.3) is 5.57 Å². The lowest BCUT2D eigenvalue weighted by molar-refractivity contribution is 0.670. The van der Waals surface area contributed by atoms with Gasteiger partial charge in [-0.25, -0.2) is 0 Å². The van der Waals surface area contributed by atoms with Crippen LogP contribution >= 0.6 is 0 Å². The van der Waals surface area contributed by atoms with Crippen molar-refractivity contribution in [2.45, 2.75) is 47.5 Å². The number of aryl methyl sites for hydroxylation is 1. The summed E-state index contributed by atoms with van der Waals surface area (Å²) in [6.07, 6.45) is 2.33. The fourth-order valence-electron chi connectivity index (χ4n) is 2.05. The molecule has 0 amide bonds. The Labute approximate surface area is 100 Å². The first-order valence-electron chi connectivity index (χ1n) is 6.30. The van der Waals surface area contributed by atoms with Gasteiger partial charge in [-0.2, -0.15) is 0 Å². The van der Waals surface area contributed by atoms with E-state index in [1.54, 1.807) is 5.57 Å². The van der Waals surface area contributed by atoms with Crippen LogP contribution in [-0.2, 0) is 0 Å². The van der Waals surface area contributed by atoms with Gasteiger partial charge in [0.25, 0.3) is 0 Å². The van der Waals surface area contributed by atoms with Gasteiger partial charge in [0.2, 0.25) is 0 Å². The molecule has 0 aliphatic rings. The second-order valence-electron chi connectivity index (χ2n) is 5.03. The molecular weight excluding hydrogens is 192 g/mol. The van der Waals surface area contributed by atoms with Crippen LogP contribution in [0.15, 0.2) is 29.8 Å². The largest absolute Gasteiger partial charge is 0.0698 e. The first-order valence-corrected chi connectivity index (χ1v) is 6.30. The number of hydrogen-bond acceptors (Lipinski definition) is 0. The normalized spacial score (nSPS) is 12.9. The zero-order valence-electron chi connectivity index (χ0n) is 11.3. The standard InChI is InChI=1S/C16H24/c1-6-13(4)16(11-12(2)3)15-10-8-7-9-14(15)5/h7-10,12H,6,11H2,1-5H3/b16-13+. The highest BCUT2D eigenvalue weighted by atomic mass is 14.1. The summed E-state index contributed by atoms with van der Waals surface area (Å²) >= 11 is 0. The van der Waals surface area contributed by atoms with Crippen LogP contribution in [0.1, 0.15) is 51.7 Å². The molecule has 1 aromatic rings. The summed E-state index contributed by atoms with van der Waals surface area (Å²) in [4.78, 5) is 0. The third-order valence-corrected chi connectivity index (χ3v) is 3.13. The smallest absolute Gasteiger partial charge is 0.0196 e. The molecule has 0 N–H and O–H groups in total. The topological polar surface area (TPSA) is 0 Å². The van der Waals surface area contributed by atoms with Crippen molar-refractivity contribution in [2.24, 2.45) is 5.92 Å². The first kappa shape index (κ1) is 13.0. The maximum absolute atomic E-state index is 2.29. The molecule has 0 fully saturated rings. The zero-order valence-corrected chi connectivity index (χ0v) is 11.3. The van der Waals surface area contributed by atoms with Crippen LogP contribution < -0.4 is 0 Å². The fourth-order valence-corrected chi connectivity index (χ4v) is 2.05. The molecule has 88 valence electrons. The van der Waals surface area contributed by atoms with E-state index in [0.717, 1.165) is 12.3 Å². The van der Waals surface area contributed by atoms with Gasteiger partial charge in [0.1, 0.15) is 0 Å². The highest BCUT2D eigenvalue weighted by molar-refractivity contribution is 5.70. The van der Waals surface area contributed by atoms with Gasteiger partial charge < -0.3 is 0 Å². The molecule has 0 aliphatic heterocycles. The van der Waals surface area contributed by atoms with E-state index in [4.69, 9.17) is 0 Å². The Morgan fingerprint density at radius 3 is 2.31 bits per heavy atom. The third-order valence-electron chi connectivity index (χ3n) is 3.13. The monoisotopic (exact) mass is 216 g/mol. The summed E-state index contributed by atoms with van der Waals surface area (Å²) in [5.41, 5.74) is 5.92. The van der Waals surface area contributed by atoms with Crippen LogP contribution in [0.4, 0.5) is 0 Å². The third kappa shape index (κ3) is 3.23. The molecule has 0 atom stereocenters. The number of allylic oxidation sites excluding steroid dienone is 2. The predicted octanol–water partition coefficient (Wildman–Crippen LogP) is 5.22. The Bertz CT molecular complexity index is 369. The summed E-state index contributed by atoms with van der Waals surface area (Å²) < 4.78 is 0. The molecule has 0 aromatic heterocycles. The summed E-state index contributed by atoms with van der Waals surface area (Å²) in [5.74, 6) is 0.719. The Balaban J connectivity index is 3.17. The van der Waals surface area contributed by atoms with Crippen LogP contribution in [0.5, 0.6) is 0 Å². The fraction of sp³-hybridized carbons (Fsp3) is 0.500. The molecule has 0 saturated carbocycles. The second kappa shape index (κ2) is 5.89. The van der Waals surface area contributed by atoms with E-state index in [9.17, 15) is 0 Å². The summed E-state index contributed by atoms with van der Waals surface area (Å²) in [6, 6.07) is 8.73. The van der Waals surface area contributed by atoms with Crippen molar-refractivity contribution in [3.63, 3.8) is 0 Å². The molecule has 0 unspecified atom stereocenters. The van der Waals surface area contributed by atoms with E-state index >= 15 is 0 Å². The molecule has 1 rings (SSSR count). The second-order valence-corrected chi connectivity index (χ2v) is 5.03. The van der Waals surface area contributed by atoms with E-state index in [1.807, 2.05) is 0 Å². The predicted molar refractivity (Wildman–Crippen MR) is 73.5 cm³/mol. The van der Waals surface area contributed by atoms with Crippen molar-refractivity contribution in [3.8, 4) is 0 Å². The van der Waals surface area contributed by atoms with Gasteiger partial charge in [-0.05, 0) is 49.3 Å². The Morgan fingerprint density at radius 1 is 1.19 bits per heavy atom. The zero-order chi connectivity index (χ0) is 12.1. The molecule has 0 bridgehead atoms. The van der Waals surface area contributed by atoms with E-state index < -0.39 is 0 Å². The quantitative estimate of drug-likeness (QED) is 0.647. The van der Waals surface area contributed by atoms with Crippen LogP contribution in [0, 0.1) is 12.8 Å². The van der Waals surface area contributed by atoms with Crippen molar-refractivity contribution in [1.29, 1.82) is 0 Å². The Hall–Kier alpha value is -1.04. The van der Waals surface area contributed by atoms with Gasteiger partial charge in [-0.15, -0.1) is 0 Å². The highest BCUT2D eigenvalue weighted by Gasteiger charge is 2.09. The summed E-state index contributed by atoms with van der Waals surface area (Å²) in [6.45, 7) is 11.3. The van der Waals surface area contributed by atoms with Gasteiger partial charge in [0, 0.05) is 0 Å². The van der Waals surface area contributed by atoms with Gasteiger partial charge in [0.15, 0.2) is 0 Å². The lowest BCUT2D eigenvalue weighted by Crippen LogP contribution is -1.97. The van der Waals surface area contributed by atoms with Crippen molar-refractivity contribution in [2.75, 3.05) is 0 Å². The van der Waals surface area contributed by atoms with Crippen molar-refractivity contribution < 1.29 is 0 Å². The minimum Gasteiger partial charge on any atom is -0.0698 e. The molecule has 0 nitrogen and oxygen atoms in total. The number of rotatable bonds is 4. The number of hydrogen-bond donors (Lipinski definition) is 0. The van der Waals surface area contributed by atoms with Gasteiger partial charge >= 0.3 is 0 Å². The average molecular weight is 216 g/mol. The van der Waals surface area contributed by atoms with Crippen molar-refractivity contribution >= 4 is 5.57 Å². The molecule has 16 heavy (non-hydrogen) atoms. The molecule has 0 spiro atoms. The number of benzene rings is 1. The van der Waals surface area contributed by atoms with Gasteiger partial charge in [-0.3, -0.25) is 0 Å². The SMILES string of the molecule is CC/C(C)=C(\CC(C)C)c1ccccc1C. The van der Waals surface area contributed by atoms with E-state index in [0.29, 0.717) is 0 Å². The first-order chi connectivity index (χ1) is 7.56. The maximum Gasteiger partial charge on any atom is -0.0196 e. The lowest BCUT2D eigenvalue weighted by Gasteiger charge is -2.16. The Morgan fingerprint density at radius 2 is 1.81 bits per heavy atom. The molecule has 1 aromatic carbocycles. The van der Waals surface area contributed by atoms with Crippen LogP contribution in [-0.4, -0.2) is 0 Å². The van der Waals surface area contributed by atoms with Gasteiger partial charge in [-0.1, -0.05) is 50.6 Å². The molecule has 0 aliphatic carbocycles. The van der Waals surface area contributed by atoms with Crippen molar-refractivity contribution in [1.82, 2.24) is 0 Å². The summed E-state index contributed by atoms with van der Waals surface area (Å²) in [7, 11) is 0. The molecule has 0 heterocycles. The molecule has 0 radical (unpaired) electrons. The minimum absolute atomic E-state index is 0.719. The summed E-state index contributed by atoms with van der Waals surface area (Å²) in [5, 5.41) is 0. The van der Waals surface area contributed by atoms with Crippen LogP contribution in [0.2, 0.25) is 0 Å². The maximum atomic E-state index is 2.29. The molecular formula is C16H24. The van der Waals surface area contributed by atoms with Gasteiger partial charge in [0.05, 0.1) is 0 Å². The van der Waals surface area contributed by atoms with Crippen LogP contribution in [0.3, 0.4) is 0 Å². The molecule has 0 heteroatoms. The van der Waals surface area contributed by atoms with Crippen molar-refractivity contribution in [3.05, 3.63) is 41.0 Å².